The zero-order chi connectivity index (χ0) is 14.1. The Bertz CT molecular complexity index is 500. The van der Waals surface area contributed by atoms with E-state index in [0.717, 1.165) is 17.9 Å². The molecule has 0 aromatic heterocycles. The molecule has 1 saturated heterocycles. The van der Waals surface area contributed by atoms with Crippen molar-refractivity contribution in [3.05, 3.63) is 24.3 Å². The van der Waals surface area contributed by atoms with E-state index in [4.69, 9.17) is 0 Å². The third-order valence-electron chi connectivity index (χ3n) is 4.66. The van der Waals surface area contributed by atoms with Crippen LogP contribution in [0.2, 0.25) is 0 Å². The highest BCUT2D eigenvalue weighted by atomic mass is 16.2. The average Bonchev–Trinajstić information content (AvgIpc) is 3.00. The van der Waals surface area contributed by atoms with Gasteiger partial charge in [-0.25, -0.2) is 0 Å². The molecule has 0 radical (unpaired) electrons. The molecular formula is C16H23N3O. The van der Waals surface area contributed by atoms with Gasteiger partial charge >= 0.3 is 0 Å². The lowest BCUT2D eigenvalue weighted by Crippen LogP contribution is -2.39. The highest BCUT2D eigenvalue weighted by Crippen LogP contribution is 2.38. The van der Waals surface area contributed by atoms with E-state index < -0.39 is 0 Å². The number of anilines is 2. The van der Waals surface area contributed by atoms with E-state index in [1.165, 1.54) is 19.3 Å². The molecule has 3 atom stereocenters. The van der Waals surface area contributed by atoms with Crippen LogP contribution in [0.4, 0.5) is 11.4 Å². The Morgan fingerprint density at radius 2 is 2.20 bits per heavy atom. The second kappa shape index (κ2) is 5.44. The van der Waals surface area contributed by atoms with Gasteiger partial charge in [0.05, 0.1) is 6.04 Å². The summed E-state index contributed by atoms with van der Waals surface area (Å²) in [5.41, 5.74) is 1.98. The van der Waals surface area contributed by atoms with Gasteiger partial charge in [-0.15, -0.1) is 0 Å². The van der Waals surface area contributed by atoms with Crippen LogP contribution in [0.5, 0.6) is 0 Å². The number of benzene rings is 1. The SMILES string of the molecule is CN(C)c1cccc(NC(=O)C2NCC3CCCC32)c1. The standard InChI is InChI=1S/C16H23N3O/c1-19(2)13-7-4-6-12(9-13)18-16(20)15-14-8-3-5-11(14)10-17-15/h4,6-7,9,11,14-15,17H,3,5,8,10H2,1-2H3,(H,18,20). The molecule has 2 N–H and O–H groups in total. The van der Waals surface area contributed by atoms with Crippen LogP contribution in [0.3, 0.4) is 0 Å². The molecule has 0 bridgehead atoms. The van der Waals surface area contributed by atoms with Crippen molar-refractivity contribution in [2.24, 2.45) is 11.8 Å². The maximum absolute atomic E-state index is 12.5. The quantitative estimate of drug-likeness (QED) is 0.886. The summed E-state index contributed by atoms with van der Waals surface area (Å²) in [7, 11) is 4.01. The van der Waals surface area contributed by atoms with Gasteiger partial charge < -0.3 is 15.5 Å². The van der Waals surface area contributed by atoms with Crippen LogP contribution in [0.1, 0.15) is 19.3 Å². The number of nitrogens with one attached hydrogen (secondary N) is 2. The lowest BCUT2D eigenvalue weighted by Gasteiger charge is -2.19. The fraction of sp³-hybridized carbons (Fsp3) is 0.562. The van der Waals surface area contributed by atoms with Gasteiger partial charge in [0.15, 0.2) is 0 Å². The number of carbonyl (C=O) groups is 1. The Morgan fingerprint density at radius 3 is 3.00 bits per heavy atom. The van der Waals surface area contributed by atoms with E-state index in [2.05, 4.69) is 10.6 Å². The number of nitrogens with zero attached hydrogens (tertiary/aromatic N) is 1. The van der Waals surface area contributed by atoms with Crippen LogP contribution in [-0.4, -0.2) is 32.6 Å². The maximum Gasteiger partial charge on any atom is 0.241 e. The maximum atomic E-state index is 12.5. The van der Waals surface area contributed by atoms with Gasteiger partial charge in [-0.05, 0) is 49.4 Å². The molecule has 2 fully saturated rings. The van der Waals surface area contributed by atoms with Crippen molar-refractivity contribution in [2.45, 2.75) is 25.3 Å². The van der Waals surface area contributed by atoms with Crippen molar-refractivity contribution in [3.8, 4) is 0 Å². The molecule has 1 heterocycles. The van der Waals surface area contributed by atoms with E-state index in [1.54, 1.807) is 0 Å². The summed E-state index contributed by atoms with van der Waals surface area (Å²) in [5.74, 6) is 1.36. The Balaban J connectivity index is 1.68. The largest absolute Gasteiger partial charge is 0.378 e. The third kappa shape index (κ3) is 2.52. The lowest BCUT2D eigenvalue weighted by molar-refractivity contribution is -0.118. The van der Waals surface area contributed by atoms with Gasteiger partial charge in [0.1, 0.15) is 0 Å². The summed E-state index contributed by atoms with van der Waals surface area (Å²) in [6, 6.07) is 7.97. The van der Waals surface area contributed by atoms with Crippen molar-refractivity contribution in [2.75, 3.05) is 30.9 Å². The number of fused-ring (bicyclic) bond motifs is 1. The summed E-state index contributed by atoms with van der Waals surface area (Å²) in [5, 5.41) is 6.46. The minimum Gasteiger partial charge on any atom is -0.378 e. The second-order valence-corrected chi connectivity index (χ2v) is 6.17. The predicted octanol–water partition coefficient (Wildman–Crippen LogP) is 2.08. The Labute approximate surface area is 120 Å². The zero-order valence-electron chi connectivity index (χ0n) is 12.2. The minimum absolute atomic E-state index is 0.00878. The minimum atomic E-state index is -0.00878. The molecule has 1 amide bonds. The molecule has 2 aliphatic rings. The van der Waals surface area contributed by atoms with E-state index in [-0.39, 0.29) is 11.9 Å². The van der Waals surface area contributed by atoms with Crippen LogP contribution in [0.25, 0.3) is 0 Å². The van der Waals surface area contributed by atoms with Crippen LogP contribution >= 0.6 is 0 Å². The Kier molecular flexibility index (Phi) is 3.66. The number of carbonyl (C=O) groups excluding carboxylic acids is 1. The van der Waals surface area contributed by atoms with Crippen LogP contribution in [0, 0.1) is 11.8 Å². The molecule has 108 valence electrons. The van der Waals surface area contributed by atoms with Gasteiger partial charge in [-0.2, -0.15) is 0 Å². The number of hydrogen-bond donors (Lipinski definition) is 2. The zero-order valence-corrected chi connectivity index (χ0v) is 12.2. The fourth-order valence-electron chi connectivity index (χ4n) is 3.56. The van der Waals surface area contributed by atoms with Crippen molar-refractivity contribution in [1.82, 2.24) is 5.32 Å². The van der Waals surface area contributed by atoms with E-state index >= 15 is 0 Å². The summed E-state index contributed by atoms with van der Waals surface area (Å²) in [6.45, 7) is 1.00. The Hall–Kier alpha value is -1.55. The molecule has 4 heteroatoms. The van der Waals surface area contributed by atoms with Gasteiger partial charge in [0, 0.05) is 25.5 Å². The molecule has 20 heavy (non-hydrogen) atoms. The van der Waals surface area contributed by atoms with Gasteiger partial charge in [-0.3, -0.25) is 4.79 Å². The summed E-state index contributed by atoms with van der Waals surface area (Å²) >= 11 is 0. The first kappa shape index (κ1) is 13.4. The van der Waals surface area contributed by atoms with Crippen LogP contribution in [-0.2, 0) is 4.79 Å². The summed E-state index contributed by atoms with van der Waals surface area (Å²) in [6.07, 6.45) is 3.74. The predicted molar refractivity (Wildman–Crippen MR) is 82.0 cm³/mol. The molecule has 3 rings (SSSR count). The molecule has 1 aliphatic carbocycles. The van der Waals surface area contributed by atoms with Crippen molar-refractivity contribution in [1.29, 1.82) is 0 Å². The highest BCUT2D eigenvalue weighted by molar-refractivity contribution is 5.95. The fourth-order valence-corrected chi connectivity index (χ4v) is 3.56. The molecule has 1 aromatic carbocycles. The first-order chi connectivity index (χ1) is 9.65. The van der Waals surface area contributed by atoms with Crippen molar-refractivity contribution in [3.63, 3.8) is 0 Å². The monoisotopic (exact) mass is 273 g/mol. The van der Waals surface area contributed by atoms with E-state index in [9.17, 15) is 4.79 Å². The molecule has 0 spiro atoms. The van der Waals surface area contributed by atoms with Crippen molar-refractivity contribution >= 4 is 17.3 Å². The average molecular weight is 273 g/mol. The molecule has 1 saturated carbocycles. The number of hydrogen-bond acceptors (Lipinski definition) is 3. The topological polar surface area (TPSA) is 44.4 Å². The van der Waals surface area contributed by atoms with Gasteiger partial charge in [0.2, 0.25) is 5.91 Å². The van der Waals surface area contributed by atoms with Crippen LogP contribution in [0.15, 0.2) is 24.3 Å². The highest BCUT2D eigenvalue weighted by Gasteiger charge is 2.42. The summed E-state index contributed by atoms with van der Waals surface area (Å²) in [4.78, 5) is 14.5. The Morgan fingerprint density at radius 1 is 1.35 bits per heavy atom. The third-order valence-corrected chi connectivity index (χ3v) is 4.66. The number of rotatable bonds is 3. The molecule has 1 aliphatic heterocycles. The molecule has 1 aromatic rings. The van der Waals surface area contributed by atoms with E-state index in [1.807, 2.05) is 43.3 Å². The normalized spacial score (nSPS) is 28.2. The van der Waals surface area contributed by atoms with Gasteiger partial charge in [-0.1, -0.05) is 12.5 Å². The first-order valence-electron chi connectivity index (χ1n) is 7.47. The smallest absolute Gasteiger partial charge is 0.241 e. The second-order valence-electron chi connectivity index (χ2n) is 6.17. The van der Waals surface area contributed by atoms with Crippen molar-refractivity contribution < 1.29 is 4.79 Å². The first-order valence-corrected chi connectivity index (χ1v) is 7.47. The summed E-state index contributed by atoms with van der Waals surface area (Å²) < 4.78 is 0. The van der Waals surface area contributed by atoms with Crippen LogP contribution < -0.4 is 15.5 Å². The lowest BCUT2D eigenvalue weighted by atomic mass is 9.93. The molecular weight excluding hydrogens is 250 g/mol. The van der Waals surface area contributed by atoms with Gasteiger partial charge in [0.25, 0.3) is 0 Å². The molecule has 4 nitrogen and oxygen atoms in total. The number of amides is 1. The molecule has 3 unspecified atom stereocenters. The van der Waals surface area contributed by atoms with E-state index in [0.29, 0.717) is 11.8 Å².